The molecule has 7 nitrogen and oxygen atoms in total. The van der Waals surface area contributed by atoms with E-state index in [1.807, 2.05) is 103 Å². The fourth-order valence-corrected chi connectivity index (χ4v) is 5.72. The third kappa shape index (κ3) is 6.84. The monoisotopic (exact) mass is 581 g/mol. The van der Waals surface area contributed by atoms with Gasteiger partial charge in [0.2, 0.25) is 11.8 Å². The molecule has 5 aromatic rings. The summed E-state index contributed by atoms with van der Waals surface area (Å²) >= 11 is 0. The van der Waals surface area contributed by atoms with Crippen LogP contribution in [-0.4, -0.2) is 49.0 Å². The van der Waals surface area contributed by atoms with Crippen LogP contribution in [0.4, 0.5) is 0 Å². The fourth-order valence-electron chi connectivity index (χ4n) is 5.72. The molecule has 0 saturated carbocycles. The van der Waals surface area contributed by atoms with E-state index in [-0.39, 0.29) is 18.4 Å². The topological polar surface area (TPSA) is 71.3 Å². The molecule has 0 fully saturated rings. The van der Waals surface area contributed by atoms with Gasteiger partial charge in [-0.25, -0.2) is 0 Å². The minimum Gasteiger partial charge on any atom is -0.336 e. The second kappa shape index (κ2) is 13.3. The molecule has 0 radical (unpaired) electrons. The Hall–Kier alpha value is -5.30. The van der Waals surface area contributed by atoms with Gasteiger partial charge in [0.15, 0.2) is 0 Å². The summed E-state index contributed by atoms with van der Waals surface area (Å²) in [5, 5.41) is 4.39. The van der Waals surface area contributed by atoms with Crippen LogP contribution in [0.1, 0.15) is 27.9 Å². The van der Waals surface area contributed by atoms with E-state index < -0.39 is 6.04 Å². The van der Waals surface area contributed by atoms with Crippen LogP contribution in [0.15, 0.2) is 122 Å². The van der Waals surface area contributed by atoms with Crippen molar-refractivity contribution in [1.82, 2.24) is 24.6 Å². The van der Waals surface area contributed by atoms with Gasteiger partial charge < -0.3 is 9.80 Å². The number of nitrogens with zero attached hydrogens (tertiary/aromatic N) is 5. The van der Waals surface area contributed by atoms with Crippen molar-refractivity contribution in [1.29, 1.82) is 0 Å². The van der Waals surface area contributed by atoms with Crippen LogP contribution in [-0.2, 0) is 42.6 Å². The smallest absolute Gasteiger partial charge is 0.247 e. The summed E-state index contributed by atoms with van der Waals surface area (Å²) in [6.07, 6.45) is 9.84. The first-order chi connectivity index (χ1) is 21.5. The van der Waals surface area contributed by atoms with E-state index in [2.05, 4.69) is 22.2 Å². The highest BCUT2D eigenvalue weighted by Crippen LogP contribution is 2.24. The molecule has 220 valence electrons. The highest BCUT2D eigenvalue weighted by atomic mass is 16.2. The van der Waals surface area contributed by atoms with E-state index in [1.54, 1.807) is 28.1 Å². The van der Waals surface area contributed by atoms with Crippen LogP contribution in [0.2, 0.25) is 0 Å². The summed E-state index contributed by atoms with van der Waals surface area (Å²) in [5.74, 6) is -0.281. The highest BCUT2D eigenvalue weighted by molar-refractivity contribution is 5.95. The Kier molecular flexibility index (Phi) is 8.73. The van der Waals surface area contributed by atoms with Crippen LogP contribution >= 0.6 is 0 Å². The third-order valence-corrected chi connectivity index (χ3v) is 8.11. The maximum atomic E-state index is 14.5. The molecule has 1 atom stereocenters. The predicted octanol–water partition coefficient (Wildman–Crippen LogP) is 5.72. The third-order valence-electron chi connectivity index (χ3n) is 8.11. The predicted molar refractivity (Wildman–Crippen MR) is 172 cm³/mol. The lowest BCUT2D eigenvalue weighted by atomic mass is 9.97. The van der Waals surface area contributed by atoms with E-state index >= 15 is 0 Å². The number of benzene rings is 3. The first-order valence-corrected chi connectivity index (χ1v) is 14.9. The number of rotatable bonds is 9. The van der Waals surface area contributed by atoms with Crippen molar-refractivity contribution in [2.45, 2.75) is 32.0 Å². The summed E-state index contributed by atoms with van der Waals surface area (Å²) < 4.78 is 1.70. The molecule has 0 bridgehead atoms. The zero-order valence-electron chi connectivity index (χ0n) is 24.8. The molecule has 6 rings (SSSR count). The number of aryl methyl sites for hydroxylation is 1. The summed E-state index contributed by atoms with van der Waals surface area (Å²) in [6, 6.07) is 31.5. The minimum atomic E-state index is -0.691. The molecule has 7 heteroatoms. The fraction of sp³-hybridized carbons (Fsp3) is 0.189. The SMILES string of the molecule is Cn1ccc(C=CC(=O)N(Cc2ccc(-c3ccncc3)cc2)[C@@H](Cc2ccccc2)C(=O)N2CCc3ccccc3C2)n1. The quantitative estimate of drug-likeness (QED) is 0.209. The molecule has 44 heavy (non-hydrogen) atoms. The van der Waals surface area contributed by atoms with Crippen molar-refractivity contribution in [2.24, 2.45) is 7.05 Å². The molecule has 1 aliphatic rings. The van der Waals surface area contributed by atoms with Gasteiger partial charge in [-0.05, 0) is 64.1 Å². The molecule has 1 aliphatic heterocycles. The summed E-state index contributed by atoms with van der Waals surface area (Å²) in [6.45, 7) is 1.44. The number of carbonyl (C=O) groups excluding carboxylic acids is 2. The van der Waals surface area contributed by atoms with Crippen molar-refractivity contribution in [3.05, 3.63) is 150 Å². The Labute approximate surface area is 258 Å². The first-order valence-electron chi connectivity index (χ1n) is 14.9. The molecule has 2 amide bonds. The van der Waals surface area contributed by atoms with Gasteiger partial charge in [0.25, 0.3) is 0 Å². The number of hydrogen-bond donors (Lipinski definition) is 0. The zero-order chi connectivity index (χ0) is 30.3. The van der Waals surface area contributed by atoms with Crippen molar-refractivity contribution in [3.63, 3.8) is 0 Å². The standard InChI is InChI=1S/C37H35N5O2/c1-40-23-20-34(39-40)15-16-36(43)42(26-29-11-13-31(14-12-29)32-17-21-38-22-18-32)35(25-28-7-3-2-4-8-28)37(44)41-24-19-30-9-5-6-10-33(30)27-41/h2-18,20-23,35H,19,24-27H2,1H3/t35-/m0/s1. The maximum Gasteiger partial charge on any atom is 0.247 e. The Morgan fingerprint density at radius 2 is 1.55 bits per heavy atom. The summed E-state index contributed by atoms with van der Waals surface area (Å²) in [4.78, 5) is 36.3. The Balaban J connectivity index is 1.34. The van der Waals surface area contributed by atoms with Crippen LogP contribution in [0.25, 0.3) is 17.2 Å². The Morgan fingerprint density at radius 3 is 2.27 bits per heavy atom. The number of fused-ring (bicyclic) bond motifs is 1. The average molecular weight is 582 g/mol. The van der Waals surface area contributed by atoms with Gasteiger partial charge >= 0.3 is 0 Å². The van der Waals surface area contributed by atoms with Crippen LogP contribution in [0.5, 0.6) is 0 Å². The Morgan fingerprint density at radius 1 is 0.841 bits per heavy atom. The molecule has 0 unspecified atom stereocenters. The number of aromatic nitrogens is 3. The maximum absolute atomic E-state index is 14.5. The number of carbonyl (C=O) groups is 2. The van der Waals surface area contributed by atoms with E-state index in [4.69, 9.17) is 0 Å². The average Bonchev–Trinajstić information content (AvgIpc) is 3.50. The molecular formula is C37H35N5O2. The molecule has 3 aromatic carbocycles. The van der Waals surface area contributed by atoms with Gasteiger partial charge in [-0.2, -0.15) is 5.10 Å². The molecule has 0 spiro atoms. The molecule has 2 aromatic heterocycles. The van der Waals surface area contributed by atoms with Gasteiger partial charge in [-0.1, -0.05) is 78.9 Å². The van der Waals surface area contributed by atoms with E-state index in [1.165, 1.54) is 11.6 Å². The first kappa shape index (κ1) is 28.8. The number of hydrogen-bond acceptors (Lipinski definition) is 4. The van der Waals surface area contributed by atoms with Gasteiger partial charge in [0.1, 0.15) is 6.04 Å². The Bertz CT molecular complexity index is 1750. The van der Waals surface area contributed by atoms with Gasteiger partial charge in [0.05, 0.1) is 5.69 Å². The lowest BCUT2D eigenvalue weighted by Crippen LogP contribution is -2.52. The van der Waals surface area contributed by atoms with Gasteiger partial charge in [-0.3, -0.25) is 19.3 Å². The van der Waals surface area contributed by atoms with Crippen molar-refractivity contribution >= 4 is 17.9 Å². The second-order valence-electron chi connectivity index (χ2n) is 11.1. The van der Waals surface area contributed by atoms with E-state index in [9.17, 15) is 9.59 Å². The number of amides is 2. The second-order valence-corrected chi connectivity index (χ2v) is 11.1. The largest absolute Gasteiger partial charge is 0.336 e. The van der Waals surface area contributed by atoms with Gasteiger partial charge in [-0.15, -0.1) is 0 Å². The highest BCUT2D eigenvalue weighted by Gasteiger charge is 2.34. The molecule has 0 aliphatic carbocycles. The van der Waals surface area contributed by atoms with Crippen LogP contribution < -0.4 is 0 Å². The lowest BCUT2D eigenvalue weighted by molar-refractivity contribution is -0.144. The molecular weight excluding hydrogens is 546 g/mol. The summed E-state index contributed by atoms with van der Waals surface area (Å²) in [5.41, 5.74) is 7.19. The molecule has 0 saturated heterocycles. The van der Waals surface area contributed by atoms with Crippen molar-refractivity contribution in [3.8, 4) is 11.1 Å². The van der Waals surface area contributed by atoms with Crippen molar-refractivity contribution < 1.29 is 9.59 Å². The normalized spacial score (nSPS) is 13.4. The summed E-state index contributed by atoms with van der Waals surface area (Å²) in [7, 11) is 1.84. The lowest BCUT2D eigenvalue weighted by Gasteiger charge is -2.37. The van der Waals surface area contributed by atoms with Crippen LogP contribution in [0, 0.1) is 0 Å². The van der Waals surface area contributed by atoms with E-state index in [0.717, 1.165) is 34.2 Å². The van der Waals surface area contributed by atoms with Gasteiger partial charge in [0, 0.05) is 57.8 Å². The van der Waals surface area contributed by atoms with E-state index in [0.29, 0.717) is 25.2 Å². The molecule has 0 N–H and O–H groups in total. The number of pyridine rings is 1. The minimum absolute atomic E-state index is 0.0450. The zero-order valence-corrected chi connectivity index (χ0v) is 24.8. The van der Waals surface area contributed by atoms with Crippen LogP contribution in [0.3, 0.4) is 0 Å². The molecule has 3 heterocycles. The van der Waals surface area contributed by atoms with Crippen molar-refractivity contribution in [2.75, 3.05) is 6.54 Å².